The minimum Gasteiger partial charge on any atom is -0.443 e. The van der Waals surface area contributed by atoms with Crippen molar-refractivity contribution in [3.63, 3.8) is 0 Å². The zero-order valence-electron chi connectivity index (χ0n) is 24.6. The van der Waals surface area contributed by atoms with Gasteiger partial charge in [-0.3, -0.25) is 14.5 Å². The molecule has 0 aliphatic heterocycles. The molecule has 2 aliphatic rings. The lowest BCUT2D eigenvalue weighted by Crippen LogP contribution is -2.38. The van der Waals surface area contributed by atoms with E-state index in [1.165, 1.54) is 15.6 Å². The normalized spacial score (nSPS) is 21.0. The molecule has 0 radical (unpaired) electrons. The SMILES string of the molecule is CO[C@]1(C)CCC[C@H](n2cccc(Nc3cc(N(C)C(=O)OC(C)(C)C)n4ncc(C(=O)NC5CC5)c4n3)c2=O)C1. The molecule has 2 N–H and O–H groups in total. The van der Waals surface area contributed by atoms with E-state index in [1.54, 1.807) is 57.8 Å². The first-order valence-corrected chi connectivity index (χ1v) is 14.1. The number of fused-ring (bicyclic) bond motifs is 1. The van der Waals surface area contributed by atoms with Gasteiger partial charge in [0.15, 0.2) is 5.65 Å². The van der Waals surface area contributed by atoms with Crippen LogP contribution in [-0.2, 0) is 9.47 Å². The maximum absolute atomic E-state index is 13.6. The molecule has 2 saturated carbocycles. The van der Waals surface area contributed by atoms with Crippen molar-refractivity contribution >= 4 is 35.0 Å². The fourth-order valence-electron chi connectivity index (χ4n) is 5.19. The lowest BCUT2D eigenvalue weighted by Gasteiger charge is -2.37. The van der Waals surface area contributed by atoms with Crippen LogP contribution in [0.5, 0.6) is 0 Å². The molecular weight excluding hydrogens is 526 g/mol. The van der Waals surface area contributed by atoms with Gasteiger partial charge in [0.25, 0.3) is 11.5 Å². The summed E-state index contributed by atoms with van der Waals surface area (Å²) in [6, 6.07) is 5.26. The van der Waals surface area contributed by atoms with Crippen LogP contribution in [0.15, 0.2) is 35.4 Å². The van der Waals surface area contributed by atoms with Crippen LogP contribution in [0.2, 0.25) is 0 Å². The van der Waals surface area contributed by atoms with Crippen LogP contribution >= 0.6 is 0 Å². The Kier molecular flexibility index (Phi) is 7.54. The number of methoxy groups -OCH3 is 1. The molecule has 2 fully saturated rings. The molecule has 0 spiro atoms. The summed E-state index contributed by atoms with van der Waals surface area (Å²) in [5.74, 6) is 0.305. The third-order valence-electron chi connectivity index (χ3n) is 7.65. The van der Waals surface area contributed by atoms with E-state index in [9.17, 15) is 14.4 Å². The highest BCUT2D eigenvalue weighted by atomic mass is 16.6. The van der Waals surface area contributed by atoms with E-state index in [1.807, 2.05) is 6.07 Å². The first-order valence-electron chi connectivity index (χ1n) is 14.1. The van der Waals surface area contributed by atoms with Crippen molar-refractivity contribution in [2.75, 3.05) is 24.4 Å². The van der Waals surface area contributed by atoms with Crippen LogP contribution in [0, 0.1) is 0 Å². The van der Waals surface area contributed by atoms with Gasteiger partial charge in [-0.1, -0.05) is 0 Å². The summed E-state index contributed by atoms with van der Waals surface area (Å²) in [6.07, 6.45) is 8.03. The topological polar surface area (TPSA) is 132 Å². The number of nitrogens with one attached hydrogen (secondary N) is 2. The molecule has 0 unspecified atom stereocenters. The minimum atomic E-state index is -0.717. The van der Waals surface area contributed by atoms with Crippen LogP contribution in [0.3, 0.4) is 0 Å². The van der Waals surface area contributed by atoms with Crippen molar-refractivity contribution in [2.24, 2.45) is 0 Å². The number of nitrogens with zero attached hydrogens (tertiary/aromatic N) is 5. The number of ether oxygens (including phenoxy) is 2. The molecule has 3 aromatic rings. The van der Waals surface area contributed by atoms with Crippen LogP contribution in [0.4, 0.5) is 22.1 Å². The second kappa shape index (κ2) is 10.8. The first kappa shape index (κ1) is 28.6. The average molecular weight is 566 g/mol. The molecule has 0 saturated heterocycles. The summed E-state index contributed by atoms with van der Waals surface area (Å²) in [5, 5.41) is 10.5. The number of hydrogen-bond donors (Lipinski definition) is 2. The lowest BCUT2D eigenvalue weighted by molar-refractivity contribution is -0.0375. The van der Waals surface area contributed by atoms with E-state index >= 15 is 0 Å². The Labute approximate surface area is 239 Å². The molecule has 5 rings (SSSR count). The van der Waals surface area contributed by atoms with Gasteiger partial charge in [-0.25, -0.2) is 9.78 Å². The van der Waals surface area contributed by atoms with Crippen molar-refractivity contribution in [2.45, 2.75) is 89.5 Å². The van der Waals surface area contributed by atoms with Crippen LogP contribution in [0.25, 0.3) is 5.65 Å². The zero-order chi connectivity index (χ0) is 29.5. The quantitative estimate of drug-likeness (QED) is 0.430. The summed E-state index contributed by atoms with van der Waals surface area (Å²) < 4.78 is 14.5. The van der Waals surface area contributed by atoms with E-state index in [4.69, 9.17) is 9.47 Å². The fourth-order valence-corrected chi connectivity index (χ4v) is 5.19. The standard InChI is InChI=1S/C29H39N7O5/c1-28(2,3)41-27(39)34(5)23-15-22(33-24-20(17-30-36(23)24)25(37)31-18-11-12-18)32-21-10-8-14-35(26(21)38)19-9-7-13-29(4,16-19)40-6/h8,10,14-15,17-19H,7,9,11-13,16H2,1-6H3,(H,31,37)(H,32,33)/t19-,29+/m0/s1. The predicted octanol–water partition coefficient (Wildman–Crippen LogP) is 4.42. The number of carbonyl (C=O) groups is 2. The number of aromatic nitrogens is 4. The smallest absolute Gasteiger partial charge is 0.415 e. The molecule has 3 heterocycles. The Balaban J connectivity index is 1.53. The monoisotopic (exact) mass is 565 g/mol. The minimum absolute atomic E-state index is 0.000182. The second-order valence-corrected chi connectivity index (χ2v) is 12.2. The predicted molar refractivity (Wildman–Crippen MR) is 155 cm³/mol. The Bertz CT molecular complexity index is 1520. The second-order valence-electron chi connectivity index (χ2n) is 12.2. The van der Waals surface area contributed by atoms with Gasteiger partial charge in [-0.2, -0.15) is 9.61 Å². The zero-order valence-corrected chi connectivity index (χ0v) is 24.6. The first-order chi connectivity index (χ1) is 19.4. The Morgan fingerprint density at radius 3 is 2.66 bits per heavy atom. The number of carbonyl (C=O) groups excluding carboxylic acids is 2. The van der Waals surface area contributed by atoms with E-state index in [-0.39, 0.29) is 46.2 Å². The molecule has 12 heteroatoms. The average Bonchev–Trinajstić information content (AvgIpc) is 3.62. The van der Waals surface area contributed by atoms with Gasteiger partial charge < -0.3 is 24.7 Å². The maximum atomic E-state index is 13.6. The summed E-state index contributed by atoms with van der Waals surface area (Å²) in [5.41, 5.74) is -0.349. The number of amides is 2. The third kappa shape index (κ3) is 6.22. The molecule has 12 nitrogen and oxygen atoms in total. The molecule has 3 aromatic heterocycles. The van der Waals surface area contributed by atoms with Gasteiger partial charge in [0.05, 0.1) is 11.8 Å². The van der Waals surface area contributed by atoms with E-state index in [0.29, 0.717) is 11.5 Å². The molecule has 2 aliphatic carbocycles. The third-order valence-corrected chi connectivity index (χ3v) is 7.65. The van der Waals surface area contributed by atoms with E-state index < -0.39 is 11.7 Å². The van der Waals surface area contributed by atoms with Gasteiger partial charge in [-0.15, -0.1) is 0 Å². The van der Waals surface area contributed by atoms with E-state index in [0.717, 1.165) is 38.5 Å². The Morgan fingerprint density at radius 1 is 1.22 bits per heavy atom. The lowest BCUT2D eigenvalue weighted by atomic mass is 9.83. The molecule has 2 amide bonds. The summed E-state index contributed by atoms with van der Waals surface area (Å²) in [7, 11) is 3.27. The molecule has 0 aromatic carbocycles. The van der Waals surface area contributed by atoms with Crippen LogP contribution in [-0.4, -0.2) is 62.6 Å². The molecule has 2 atom stereocenters. The maximum Gasteiger partial charge on any atom is 0.415 e. The van der Waals surface area contributed by atoms with Gasteiger partial charge in [0.1, 0.15) is 28.5 Å². The highest BCUT2D eigenvalue weighted by molar-refractivity contribution is 6.00. The van der Waals surface area contributed by atoms with Gasteiger partial charge in [0, 0.05) is 38.5 Å². The molecule has 220 valence electrons. The molecular formula is C29H39N7O5. The summed E-state index contributed by atoms with van der Waals surface area (Å²) in [4.78, 5) is 45.6. The number of hydrogen-bond acceptors (Lipinski definition) is 8. The summed E-state index contributed by atoms with van der Waals surface area (Å²) in [6.45, 7) is 7.43. The molecule has 41 heavy (non-hydrogen) atoms. The van der Waals surface area contributed by atoms with Crippen molar-refractivity contribution < 1.29 is 19.1 Å². The van der Waals surface area contributed by atoms with Crippen LogP contribution in [0.1, 0.15) is 82.6 Å². The number of anilines is 3. The van der Waals surface area contributed by atoms with Crippen molar-refractivity contribution in [3.05, 3.63) is 46.5 Å². The Morgan fingerprint density at radius 2 is 1.98 bits per heavy atom. The van der Waals surface area contributed by atoms with Gasteiger partial charge in [-0.05, 0) is 78.4 Å². The number of rotatable bonds is 7. The van der Waals surface area contributed by atoms with Crippen LogP contribution < -0.4 is 21.1 Å². The number of pyridine rings is 1. The van der Waals surface area contributed by atoms with Gasteiger partial charge >= 0.3 is 6.09 Å². The van der Waals surface area contributed by atoms with Crippen molar-refractivity contribution in [1.29, 1.82) is 0 Å². The molecule has 0 bridgehead atoms. The van der Waals surface area contributed by atoms with Gasteiger partial charge in [0.2, 0.25) is 0 Å². The van der Waals surface area contributed by atoms with Crippen molar-refractivity contribution in [1.82, 2.24) is 24.5 Å². The highest BCUT2D eigenvalue weighted by Crippen LogP contribution is 2.37. The largest absolute Gasteiger partial charge is 0.443 e. The van der Waals surface area contributed by atoms with E-state index in [2.05, 4.69) is 27.6 Å². The summed E-state index contributed by atoms with van der Waals surface area (Å²) >= 11 is 0. The fraction of sp³-hybridized carbons (Fsp3) is 0.552. The highest BCUT2D eigenvalue weighted by Gasteiger charge is 2.33. The Hall–Kier alpha value is -3.93. The van der Waals surface area contributed by atoms with Crippen molar-refractivity contribution in [3.8, 4) is 0 Å².